The molecule has 4 nitrogen and oxygen atoms in total. The van der Waals surface area contributed by atoms with Crippen molar-refractivity contribution in [3.63, 3.8) is 0 Å². The SMILES string of the molecule is CCN(Cc1ccc(N)cc1)c1ncnc2c1CCCC2. The molecule has 21 heavy (non-hydrogen) atoms. The van der Waals surface area contributed by atoms with Gasteiger partial charge in [-0.15, -0.1) is 0 Å². The summed E-state index contributed by atoms with van der Waals surface area (Å²) in [5.41, 5.74) is 10.4. The van der Waals surface area contributed by atoms with Gasteiger partial charge in [-0.2, -0.15) is 0 Å². The Morgan fingerprint density at radius 2 is 1.86 bits per heavy atom. The first-order chi connectivity index (χ1) is 10.3. The van der Waals surface area contributed by atoms with Gasteiger partial charge in [-0.05, 0) is 50.3 Å². The molecule has 0 spiro atoms. The Kier molecular flexibility index (Phi) is 4.04. The van der Waals surface area contributed by atoms with Crippen LogP contribution in [0, 0.1) is 0 Å². The quantitative estimate of drug-likeness (QED) is 0.876. The minimum absolute atomic E-state index is 0.807. The van der Waals surface area contributed by atoms with E-state index in [2.05, 4.69) is 33.9 Å². The van der Waals surface area contributed by atoms with Gasteiger partial charge in [-0.1, -0.05) is 12.1 Å². The fourth-order valence-corrected chi connectivity index (χ4v) is 2.96. The van der Waals surface area contributed by atoms with E-state index in [1.165, 1.54) is 29.7 Å². The van der Waals surface area contributed by atoms with Gasteiger partial charge in [0.15, 0.2) is 0 Å². The van der Waals surface area contributed by atoms with Crippen LogP contribution in [0.2, 0.25) is 0 Å². The molecule has 3 rings (SSSR count). The van der Waals surface area contributed by atoms with E-state index < -0.39 is 0 Å². The lowest BCUT2D eigenvalue weighted by atomic mass is 9.96. The van der Waals surface area contributed by atoms with Gasteiger partial charge >= 0.3 is 0 Å². The summed E-state index contributed by atoms with van der Waals surface area (Å²) >= 11 is 0. The number of anilines is 2. The summed E-state index contributed by atoms with van der Waals surface area (Å²) in [5, 5.41) is 0. The van der Waals surface area contributed by atoms with Gasteiger partial charge in [0.1, 0.15) is 12.1 Å². The van der Waals surface area contributed by atoms with Crippen molar-refractivity contribution in [3.05, 3.63) is 47.4 Å². The third-order valence-electron chi connectivity index (χ3n) is 4.14. The van der Waals surface area contributed by atoms with Crippen LogP contribution in [0.5, 0.6) is 0 Å². The number of hydrogen-bond donors (Lipinski definition) is 1. The number of nitrogens with zero attached hydrogens (tertiary/aromatic N) is 3. The van der Waals surface area contributed by atoms with E-state index in [4.69, 9.17) is 5.73 Å². The lowest BCUT2D eigenvalue weighted by molar-refractivity contribution is 0.654. The summed E-state index contributed by atoms with van der Waals surface area (Å²) in [5.74, 6) is 1.11. The summed E-state index contributed by atoms with van der Waals surface area (Å²) in [7, 11) is 0. The van der Waals surface area contributed by atoms with E-state index in [1.54, 1.807) is 6.33 Å². The van der Waals surface area contributed by atoms with Crippen molar-refractivity contribution in [1.29, 1.82) is 0 Å². The van der Waals surface area contributed by atoms with Crippen molar-refractivity contribution in [2.24, 2.45) is 0 Å². The van der Waals surface area contributed by atoms with Gasteiger partial charge < -0.3 is 10.6 Å². The number of aromatic nitrogens is 2. The number of fused-ring (bicyclic) bond motifs is 1. The molecule has 0 amide bonds. The molecule has 110 valence electrons. The van der Waals surface area contributed by atoms with Crippen molar-refractivity contribution >= 4 is 11.5 Å². The molecule has 1 aliphatic rings. The topological polar surface area (TPSA) is 55.0 Å². The molecule has 2 N–H and O–H groups in total. The summed E-state index contributed by atoms with van der Waals surface area (Å²) in [6.45, 7) is 3.97. The number of benzene rings is 1. The van der Waals surface area contributed by atoms with Crippen LogP contribution in [0.4, 0.5) is 11.5 Å². The zero-order valence-corrected chi connectivity index (χ0v) is 12.5. The molecular weight excluding hydrogens is 260 g/mol. The molecule has 2 aromatic rings. The molecule has 0 saturated carbocycles. The first-order valence-electron chi connectivity index (χ1n) is 7.70. The Morgan fingerprint density at radius 1 is 1.10 bits per heavy atom. The second-order valence-electron chi connectivity index (χ2n) is 5.59. The Hall–Kier alpha value is -2.10. The molecule has 1 aromatic heterocycles. The number of rotatable bonds is 4. The fourth-order valence-electron chi connectivity index (χ4n) is 2.96. The second kappa shape index (κ2) is 6.12. The lowest BCUT2D eigenvalue weighted by Crippen LogP contribution is -2.26. The summed E-state index contributed by atoms with van der Waals surface area (Å²) < 4.78 is 0. The Labute approximate surface area is 126 Å². The normalized spacial score (nSPS) is 13.8. The zero-order chi connectivity index (χ0) is 14.7. The number of nitrogens with two attached hydrogens (primary N) is 1. The van der Waals surface area contributed by atoms with Gasteiger partial charge in [0.2, 0.25) is 0 Å². The average Bonchev–Trinajstić information content (AvgIpc) is 2.54. The molecule has 0 radical (unpaired) electrons. The molecule has 0 unspecified atom stereocenters. The Balaban J connectivity index is 1.88. The highest BCUT2D eigenvalue weighted by atomic mass is 15.2. The number of aryl methyl sites for hydroxylation is 1. The molecule has 4 heteroatoms. The van der Waals surface area contributed by atoms with Crippen LogP contribution in [-0.2, 0) is 19.4 Å². The summed E-state index contributed by atoms with van der Waals surface area (Å²) in [6.07, 6.45) is 6.39. The van der Waals surface area contributed by atoms with Crippen LogP contribution in [-0.4, -0.2) is 16.5 Å². The number of nitrogen functional groups attached to an aromatic ring is 1. The van der Waals surface area contributed by atoms with Crippen molar-refractivity contribution in [1.82, 2.24) is 9.97 Å². The second-order valence-corrected chi connectivity index (χ2v) is 5.59. The van der Waals surface area contributed by atoms with E-state index >= 15 is 0 Å². The minimum Gasteiger partial charge on any atom is -0.399 e. The van der Waals surface area contributed by atoms with E-state index in [0.29, 0.717) is 0 Å². The molecule has 1 aromatic carbocycles. The van der Waals surface area contributed by atoms with E-state index in [0.717, 1.165) is 37.4 Å². The van der Waals surface area contributed by atoms with E-state index in [9.17, 15) is 0 Å². The Morgan fingerprint density at radius 3 is 2.62 bits per heavy atom. The van der Waals surface area contributed by atoms with E-state index in [1.807, 2.05) is 12.1 Å². The maximum atomic E-state index is 5.76. The highest BCUT2D eigenvalue weighted by Gasteiger charge is 2.19. The van der Waals surface area contributed by atoms with Gasteiger partial charge in [0, 0.05) is 30.0 Å². The van der Waals surface area contributed by atoms with E-state index in [-0.39, 0.29) is 0 Å². The highest BCUT2D eigenvalue weighted by molar-refractivity contribution is 5.50. The van der Waals surface area contributed by atoms with Crippen LogP contribution < -0.4 is 10.6 Å². The largest absolute Gasteiger partial charge is 0.399 e. The smallest absolute Gasteiger partial charge is 0.135 e. The molecule has 0 fully saturated rings. The molecule has 0 bridgehead atoms. The molecule has 0 saturated heterocycles. The van der Waals surface area contributed by atoms with Gasteiger partial charge in [-0.25, -0.2) is 9.97 Å². The molecule has 0 atom stereocenters. The van der Waals surface area contributed by atoms with Crippen molar-refractivity contribution in [2.45, 2.75) is 39.2 Å². The van der Waals surface area contributed by atoms with Crippen molar-refractivity contribution < 1.29 is 0 Å². The van der Waals surface area contributed by atoms with Gasteiger partial charge in [0.05, 0.1) is 0 Å². The Bertz CT molecular complexity index is 607. The zero-order valence-electron chi connectivity index (χ0n) is 12.5. The number of hydrogen-bond acceptors (Lipinski definition) is 4. The fraction of sp³-hybridized carbons (Fsp3) is 0.412. The first-order valence-corrected chi connectivity index (χ1v) is 7.70. The standard InChI is InChI=1S/C17H22N4/c1-2-21(11-13-7-9-14(18)10-8-13)17-15-5-3-4-6-16(15)19-12-20-17/h7-10,12H,2-6,11,18H2,1H3. The lowest BCUT2D eigenvalue weighted by Gasteiger charge is -2.27. The molecular formula is C17H22N4. The van der Waals surface area contributed by atoms with Crippen LogP contribution in [0.15, 0.2) is 30.6 Å². The minimum atomic E-state index is 0.807. The van der Waals surface area contributed by atoms with Crippen LogP contribution in [0.3, 0.4) is 0 Å². The monoisotopic (exact) mass is 282 g/mol. The third-order valence-corrected chi connectivity index (χ3v) is 4.14. The van der Waals surface area contributed by atoms with Gasteiger partial charge in [0.25, 0.3) is 0 Å². The van der Waals surface area contributed by atoms with Gasteiger partial charge in [-0.3, -0.25) is 0 Å². The predicted octanol–water partition coefficient (Wildman–Crippen LogP) is 2.96. The van der Waals surface area contributed by atoms with Crippen LogP contribution in [0.1, 0.15) is 36.6 Å². The average molecular weight is 282 g/mol. The van der Waals surface area contributed by atoms with Crippen LogP contribution in [0.25, 0.3) is 0 Å². The molecule has 1 aliphatic carbocycles. The highest BCUT2D eigenvalue weighted by Crippen LogP contribution is 2.27. The molecule has 1 heterocycles. The summed E-state index contributed by atoms with van der Waals surface area (Å²) in [4.78, 5) is 11.4. The van der Waals surface area contributed by atoms with Crippen molar-refractivity contribution in [2.75, 3.05) is 17.2 Å². The molecule has 0 aliphatic heterocycles. The van der Waals surface area contributed by atoms with Crippen molar-refractivity contribution in [3.8, 4) is 0 Å². The maximum Gasteiger partial charge on any atom is 0.135 e. The maximum absolute atomic E-state index is 5.76. The third kappa shape index (κ3) is 2.99. The first kappa shape index (κ1) is 13.9. The summed E-state index contributed by atoms with van der Waals surface area (Å²) in [6, 6.07) is 8.09. The predicted molar refractivity (Wildman–Crippen MR) is 86.3 cm³/mol. The van der Waals surface area contributed by atoms with Crippen LogP contribution >= 0.6 is 0 Å².